The van der Waals surface area contributed by atoms with Crippen LogP contribution < -0.4 is 0 Å². The van der Waals surface area contributed by atoms with E-state index in [4.69, 9.17) is 0 Å². The molecule has 1 rings (SSSR count). The zero-order chi connectivity index (χ0) is 11.1. The van der Waals surface area contributed by atoms with E-state index < -0.39 is 0 Å². The fraction of sp³-hybridized carbons (Fsp3) is 0.615. The monoisotopic (exact) mass is 193 g/mol. The standard InChI is InChI=1S/C11H17N.C2H6/c1-8(2)10-5-6-11(9(3)4)12-7-10;1-2/h5-9H,1-4H3;1-2H3. The molecule has 14 heavy (non-hydrogen) atoms. The van der Waals surface area contributed by atoms with Gasteiger partial charge < -0.3 is 0 Å². The maximum atomic E-state index is 4.40. The van der Waals surface area contributed by atoms with E-state index in [0.29, 0.717) is 11.8 Å². The first-order valence-corrected chi connectivity index (χ1v) is 5.57. The van der Waals surface area contributed by atoms with Crippen molar-refractivity contribution in [1.82, 2.24) is 4.98 Å². The van der Waals surface area contributed by atoms with Crippen molar-refractivity contribution in [3.8, 4) is 0 Å². The van der Waals surface area contributed by atoms with Crippen LogP contribution in [0, 0.1) is 0 Å². The Bertz CT molecular complexity index is 207. The summed E-state index contributed by atoms with van der Waals surface area (Å²) in [6.45, 7) is 12.7. The van der Waals surface area contributed by atoms with Gasteiger partial charge in [-0.1, -0.05) is 47.6 Å². The molecule has 80 valence electrons. The van der Waals surface area contributed by atoms with Gasteiger partial charge in [-0.15, -0.1) is 0 Å². The second kappa shape index (κ2) is 6.58. The van der Waals surface area contributed by atoms with E-state index in [1.807, 2.05) is 20.0 Å². The van der Waals surface area contributed by atoms with Crippen LogP contribution in [0.1, 0.15) is 64.6 Å². The van der Waals surface area contributed by atoms with Crippen LogP contribution in [0.2, 0.25) is 0 Å². The second-order valence-corrected chi connectivity index (χ2v) is 3.83. The van der Waals surface area contributed by atoms with Gasteiger partial charge in [0.25, 0.3) is 0 Å². The lowest BCUT2D eigenvalue weighted by atomic mass is 10.0. The Morgan fingerprint density at radius 3 is 1.79 bits per heavy atom. The third kappa shape index (κ3) is 3.91. The van der Waals surface area contributed by atoms with Crippen LogP contribution in [-0.2, 0) is 0 Å². The van der Waals surface area contributed by atoms with E-state index in [2.05, 4.69) is 44.8 Å². The fourth-order valence-electron chi connectivity index (χ4n) is 1.10. The van der Waals surface area contributed by atoms with Gasteiger partial charge in [0.1, 0.15) is 0 Å². The molecule has 0 atom stereocenters. The molecule has 0 saturated carbocycles. The number of hydrogen-bond donors (Lipinski definition) is 0. The minimum Gasteiger partial charge on any atom is -0.261 e. The largest absolute Gasteiger partial charge is 0.261 e. The van der Waals surface area contributed by atoms with Crippen molar-refractivity contribution in [2.75, 3.05) is 0 Å². The molecule has 0 aliphatic carbocycles. The van der Waals surface area contributed by atoms with Gasteiger partial charge in [-0.3, -0.25) is 4.98 Å². The van der Waals surface area contributed by atoms with Crippen molar-refractivity contribution in [3.63, 3.8) is 0 Å². The first-order valence-electron chi connectivity index (χ1n) is 5.57. The summed E-state index contributed by atoms with van der Waals surface area (Å²) >= 11 is 0. The van der Waals surface area contributed by atoms with Crippen LogP contribution in [0.25, 0.3) is 0 Å². The maximum Gasteiger partial charge on any atom is 0.0429 e. The molecular formula is C13H23N. The van der Waals surface area contributed by atoms with Crippen molar-refractivity contribution in [3.05, 3.63) is 29.6 Å². The SMILES string of the molecule is CC.CC(C)c1ccc(C(C)C)nc1. The Labute approximate surface area is 88.6 Å². The van der Waals surface area contributed by atoms with Gasteiger partial charge in [-0.2, -0.15) is 0 Å². The first-order chi connectivity index (χ1) is 6.61. The third-order valence-electron chi connectivity index (χ3n) is 2.07. The van der Waals surface area contributed by atoms with Crippen molar-refractivity contribution in [2.45, 2.75) is 53.4 Å². The highest BCUT2D eigenvalue weighted by Crippen LogP contribution is 2.16. The van der Waals surface area contributed by atoms with E-state index in [1.54, 1.807) is 0 Å². The molecule has 1 heteroatoms. The third-order valence-corrected chi connectivity index (χ3v) is 2.07. The average molecular weight is 193 g/mol. The molecule has 0 saturated heterocycles. The normalized spacial score (nSPS) is 10.0. The molecule has 0 bridgehead atoms. The number of pyridine rings is 1. The molecule has 0 fully saturated rings. The van der Waals surface area contributed by atoms with Gasteiger partial charge in [0.15, 0.2) is 0 Å². The van der Waals surface area contributed by atoms with Crippen LogP contribution in [0.4, 0.5) is 0 Å². The van der Waals surface area contributed by atoms with Crippen LogP contribution >= 0.6 is 0 Å². The van der Waals surface area contributed by atoms with Crippen LogP contribution in [0.3, 0.4) is 0 Å². The smallest absolute Gasteiger partial charge is 0.0429 e. The van der Waals surface area contributed by atoms with Crippen LogP contribution in [0.5, 0.6) is 0 Å². The van der Waals surface area contributed by atoms with Crippen molar-refractivity contribution in [1.29, 1.82) is 0 Å². The van der Waals surface area contributed by atoms with Crippen molar-refractivity contribution in [2.24, 2.45) is 0 Å². The lowest BCUT2D eigenvalue weighted by Gasteiger charge is -2.07. The zero-order valence-corrected chi connectivity index (χ0v) is 10.3. The summed E-state index contributed by atoms with van der Waals surface area (Å²) in [5.74, 6) is 1.12. The molecule has 0 aliphatic rings. The molecule has 0 unspecified atom stereocenters. The van der Waals surface area contributed by atoms with Crippen LogP contribution in [-0.4, -0.2) is 4.98 Å². The number of aromatic nitrogens is 1. The summed E-state index contributed by atoms with van der Waals surface area (Å²) in [7, 11) is 0. The molecule has 1 aromatic rings. The highest BCUT2D eigenvalue weighted by atomic mass is 14.7. The Balaban J connectivity index is 0.000000791. The molecule has 0 N–H and O–H groups in total. The van der Waals surface area contributed by atoms with E-state index in [1.165, 1.54) is 11.3 Å². The summed E-state index contributed by atoms with van der Waals surface area (Å²) in [5.41, 5.74) is 2.50. The van der Waals surface area contributed by atoms with E-state index in [-0.39, 0.29) is 0 Å². The Morgan fingerprint density at radius 2 is 1.50 bits per heavy atom. The van der Waals surface area contributed by atoms with Gasteiger partial charge in [-0.25, -0.2) is 0 Å². The molecule has 0 aromatic carbocycles. The van der Waals surface area contributed by atoms with E-state index in [9.17, 15) is 0 Å². The predicted octanol–water partition coefficient (Wildman–Crippen LogP) is 4.35. The lowest BCUT2D eigenvalue weighted by Crippen LogP contribution is -1.94. The lowest BCUT2D eigenvalue weighted by molar-refractivity contribution is 0.802. The Kier molecular flexibility index (Phi) is 6.18. The Hall–Kier alpha value is -0.850. The summed E-state index contributed by atoms with van der Waals surface area (Å²) in [5, 5.41) is 0. The van der Waals surface area contributed by atoms with E-state index in [0.717, 1.165) is 0 Å². The minimum absolute atomic E-state index is 0.534. The minimum atomic E-state index is 0.534. The number of hydrogen-bond acceptors (Lipinski definition) is 1. The summed E-state index contributed by atoms with van der Waals surface area (Å²) in [4.78, 5) is 4.40. The van der Waals surface area contributed by atoms with Crippen molar-refractivity contribution < 1.29 is 0 Å². The molecule has 0 aliphatic heterocycles. The second-order valence-electron chi connectivity index (χ2n) is 3.83. The summed E-state index contributed by atoms with van der Waals surface area (Å²) in [6, 6.07) is 4.30. The van der Waals surface area contributed by atoms with Gasteiger partial charge in [0.2, 0.25) is 0 Å². The van der Waals surface area contributed by atoms with E-state index >= 15 is 0 Å². The Morgan fingerprint density at radius 1 is 0.929 bits per heavy atom. The topological polar surface area (TPSA) is 12.9 Å². The van der Waals surface area contributed by atoms with Crippen molar-refractivity contribution >= 4 is 0 Å². The van der Waals surface area contributed by atoms with Gasteiger partial charge in [-0.05, 0) is 23.5 Å². The number of rotatable bonds is 2. The highest BCUT2D eigenvalue weighted by molar-refractivity contribution is 5.18. The molecule has 1 aromatic heterocycles. The molecular weight excluding hydrogens is 170 g/mol. The quantitative estimate of drug-likeness (QED) is 0.680. The summed E-state index contributed by atoms with van der Waals surface area (Å²) < 4.78 is 0. The highest BCUT2D eigenvalue weighted by Gasteiger charge is 2.02. The summed E-state index contributed by atoms with van der Waals surface area (Å²) in [6.07, 6.45) is 1.99. The molecule has 0 amide bonds. The zero-order valence-electron chi connectivity index (χ0n) is 10.3. The van der Waals surface area contributed by atoms with Gasteiger partial charge in [0.05, 0.1) is 0 Å². The first kappa shape index (κ1) is 13.2. The maximum absolute atomic E-state index is 4.40. The van der Waals surface area contributed by atoms with Crippen LogP contribution in [0.15, 0.2) is 18.3 Å². The predicted molar refractivity (Wildman–Crippen MR) is 63.8 cm³/mol. The molecule has 0 radical (unpaired) electrons. The molecule has 0 spiro atoms. The average Bonchev–Trinajstić information content (AvgIpc) is 2.21. The molecule has 1 heterocycles. The number of nitrogens with zero attached hydrogens (tertiary/aromatic N) is 1. The fourth-order valence-corrected chi connectivity index (χ4v) is 1.10. The molecule has 1 nitrogen and oxygen atoms in total. The van der Waals surface area contributed by atoms with Gasteiger partial charge in [0, 0.05) is 11.9 Å². The van der Waals surface area contributed by atoms with Gasteiger partial charge >= 0.3 is 0 Å².